The number of esters is 2. The molecule has 90 valence electrons. The average molecular weight is 340 g/mol. The Labute approximate surface area is 107 Å². The molecule has 1 saturated carbocycles. The third-order valence-electron chi connectivity index (χ3n) is 3.20. The quantitative estimate of drug-likeness (QED) is 0.444. The molecule has 5 nitrogen and oxygen atoms in total. The van der Waals surface area contributed by atoms with Crippen LogP contribution in [0.2, 0.25) is 0 Å². The molecule has 1 heterocycles. The Hall–Kier alpha value is -0.370. The molecular formula is C10H13IO5. The van der Waals surface area contributed by atoms with Crippen LogP contribution in [-0.4, -0.2) is 39.8 Å². The van der Waals surface area contributed by atoms with Crippen molar-refractivity contribution in [1.82, 2.24) is 0 Å². The number of aliphatic hydroxyl groups excluding tert-OH is 1. The monoisotopic (exact) mass is 340 g/mol. The van der Waals surface area contributed by atoms with Crippen LogP contribution in [0.4, 0.5) is 0 Å². The zero-order valence-corrected chi connectivity index (χ0v) is 10.9. The van der Waals surface area contributed by atoms with Crippen molar-refractivity contribution in [1.29, 1.82) is 0 Å². The molecule has 0 amide bonds. The van der Waals surface area contributed by atoms with E-state index < -0.39 is 0 Å². The van der Waals surface area contributed by atoms with E-state index in [4.69, 9.17) is 9.47 Å². The molecule has 0 aromatic rings. The summed E-state index contributed by atoms with van der Waals surface area (Å²) in [7, 11) is 0. The van der Waals surface area contributed by atoms with Gasteiger partial charge < -0.3 is 14.6 Å². The maximum Gasteiger partial charge on any atom is 0.306 e. The molecule has 16 heavy (non-hydrogen) atoms. The predicted molar refractivity (Wildman–Crippen MR) is 61.9 cm³/mol. The Morgan fingerprint density at radius 1 is 1.69 bits per heavy atom. The number of fused-ring (bicyclic) bond motifs is 1. The van der Waals surface area contributed by atoms with Gasteiger partial charge in [-0.2, -0.15) is 0 Å². The number of aliphatic hydroxyl groups is 1. The lowest BCUT2D eigenvalue weighted by Gasteiger charge is -2.22. The third kappa shape index (κ3) is 1.92. The summed E-state index contributed by atoms with van der Waals surface area (Å²) in [5.74, 6) is -0.807. The van der Waals surface area contributed by atoms with Crippen LogP contribution in [0, 0.1) is 11.8 Å². The fraction of sp³-hybridized carbons (Fsp3) is 0.800. The van der Waals surface area contributed by atoms with Crippen molar-refractivity contribution < 1.29 is 24.2 Å². The lowest BCUT2D eigenvalue weighted by molar-refractivity contribution is -0.149. The molecule has 0 bridgehead atoms. The molecule has 6 heteroatoms. The van der Waals surface area contributed by atoms with Gasteiger partial charge in [0.05, 0.1) is 10.3 Å². The van der Waals surface area contributed by atoms with Gasteiger partial charge in [-0.1, -0.05) is 22.6 Å². The largest absolute Gasteiger partial charge is 0.461 e. The summed E-state index contributed by atoms with van der Waals surface area (Å²) in [5.41, 5.74) is 0. The Morgan fingerprint density at radius 2 is 2.38 bits per heavy atom. The van der Waals surface area contributed by atoms with Crippen LogP contribution < -0.4 is 0 Å². The van der Waals surface area contributed by atoms with Crippen molar-refractivity contribution in [2.45, 2.75) is 29.5 Å². The molecule has 0 radical (unpaired) electrons. The molecule has 1 aliphatic carbocycles. The highest BCUT2D eigenvalue weighted by molar-refractivity contribution is 14.1. The molecule has 5 atom stereocenters. The summed E-state index contributed by atoms with van der Waals surface area (Å²) in [6.07, 6.45) is -0.270. The summed E-state index contributed by atoms with van der Waals surface area (Å²) in [6.45, 7) is 1.26. The normalized spacial score (nSPS) is 41.7. The van der Waals surface area contributed by atoms with E-state index in [1.165, 1.54) is 6.92 Å². The molecule has 0 aromatic heterocycles. The van der Waals surface area contributed by atoms with Gasteiger partial charge in [0.25, 0.3) is 0 Å². The van der Waals surface area contributed by atoms with Crippen molar-refractivity contribution in [3.05, 3.63) is 0 Å². The number of hydrogen-bond donors (Lipinski definition) is 1. The topological polar surface area (TPSA) is 72.8 Å². The van der Waals surface area contributed by atoms with E-state index in [9.17, 15) is 14.7 Å². The molecule has 0 unspecified atom stereocenters. The standard InChI is InChI=1S/C10H13IO5/c1-4(13)15-10-6(3-12)5-2-7(14)16-9(5)8(10)11/h5-6,8-10,12H,2-3H2,1H3/t5-,6+,8+,9-,10+/m1/s1. The van der Waals surface area contributed by atoms with Crippen LogP contribution in [-0.2, 0) is 19.1 Å². The van der Waals surface area contributed by atoms with Crippen molar-refractivity contribution in [3.63, 3.8) is 0 Å². The number of halogens is 1. The first kappa shape index (κ1) is 12.1. The van der Waals surface area contributed by atoms with Gasteiger partial charge in [-0.25, -0.2) is 0 Å². The fourth-order valence-electron chi connectivity index (χ4n) is 2.54. The SMILES string of the molecule is CC(=O)O[C@@H]1[C@@H](I)[C@@H]2OC(=O)C[C@@H]2[C@@H]1CO. The van der Waals surface area contributed by atoms with E-state index in [-0.39, 0.29) is 46.5 Å². The fourth-order valence-corrected chi connectivity index (χ4v) is 3.90. The van der Waals surface area contributed by atoms with Crippen LogP contribution in [0.1, 0.15) is 13.3 Å². The minimum absolute atomic E-state index is 0.0243. The van der Waals surface area contributed by atoms with E-state index in [0.29, 0.717) is 6.42 Å². The molecule has 2 aliphatic rings. The number of ether oxygens (including phenoxy) is 2. The maximum atomic E-state index is 11.2. The minimum Gasteiger partial charge on any atom is -0.461 e. The Balaban J connectivity index is 2.16. The van der Waals surface area contributed by atoms with Crippen molar-refractivity contribution >= 4 is 34.5 Å². The minimum atomic E-state index is -0.364. The number of rotatable bonds is 2. The summed E-state index contributed by atoms with van der Waals surface area (Å²) in [6, 6.07) is 0. The van der Waals surface area contributed by atoms with Crippen molar-refractivity contribution in [2.75, 3.05) is 6.61 Å². The van der Waals surface area contributed by atoms with E-state index >= 15 is 0 Å². The summed E-state index contributed by atoms with van der Waals surface area (Å²) in [5, 5.41) is 9.34. The van der Waals surface area contributed by atoms with Gasteiger partial charge in [0.2, 0.25) is 0 Å². The molecule has 2 fully saturated rings. The van der Waals surface area contributed by atoms with Crippen molar-refractivity contribution in [2.24, 2.45) is 11.8 Å². The second-order valence-corrected chi connectivity index (χ2v) is 5.63. The van der Waals surface area contributed by atoms with Gasteiger partial charge in [0, 0.05) is 25.4 Å². The summed E-state index contributed by atoms with van der Waals surface area (Å²) >= 11 is 2.13. The van der Waals surface area contributed by atoms with E-state index in [2.05, 4.69) is 22.6 Å². The van der Waals surface area contributed by atoms with E-state index in [1.807, 2.05) is 0 Å². The van der Waals surface area contributed by atoms with Crippen LogP contribution in [0.25, 0.3) is 0 Å². The smallest absolute Gasteiger partial charge is 0.306 e. The van der Waals surface area contributed by atoms with Crippen LogP contribution >= 0.6 is 22.6 Å². The number of alkyl halides is 1. The molecule has 0 spiro atoms. The molecular weight excluding hydrogens is 327 g/mol. The molecule has 1 N–H and O–H groups in total. The van der Waals surface area contributed by atoms with Gasteiger partial charge in [0.15, 0.2) is 0 Å². The second kappa shape index (κ2) is 4.48. The first-order valence-electron chi connectivity index (χ1n) is 5.16. The highest BCUT2D eigenvalue weighted by atomic mass is 127. The third-order valence-corrected chi connectivity index (χ3v) is 4.62. The molecule has 1 aliphatic heterocycles. The zero-order valence-electron chi connectivity index (χ0n) is 8.76. The average Bonchev–Trinajstić information content (AvgIpc) is 2.66. The predicted octanol–water partition coefficient (Wildman–Crippen LogP) is 0.275. The lowest BCUT2D eigenvalue weighted by Crippen LogP contribution is -2.33. The number of carbonyl (C=O) groups excluding carboxylic acids is 2. The molecule has 2 rings (SSSR count). The number of carbonyl (C=O) groups is 2. The van der Waals surface area contributed by atoms with Crippen molar-refractivity contribution in [3.8, 4) is 0 Å². The molecule has 0 aromatic carbocycles. The van der Waals surface area contributed by atoms with Gasteiger partial charge in [-0.15, -0.1) is 0 Å². The van der Waals surface area contributed by atoms with E-state index in [1.54, 1.807) is 0 Å². The van der Waals surface area contributed by atoms with Gasteiger partial charge in [-0.05, 0) is 0 Å². The van der Waals surface area contributed by atoms with E-state index in [0.717, 1.165) is 0 Å². The van der Waals surface area contributed by atoms with Gasteiger partial charge >= 0.3 is 11.9 Å². The first-order chi connectivity index (χ1) is 7.54. The maximum absolute atomic E-state index is 11.2. The van der Waals surface area contributed by atoms with Gasteiger partial charge in [-0.3, -0.25) is 9.59 Å². The highest BCUT2D eigenvalue weighted by Crippen LogP contribution is 2.45. The van der Waals surface area contributed by atoms with Crippen LogP contribution in [0.15, 0.2) is 0 Å². The van der Waals surface area contributed by atoms with Crippen LogP contribution in [0.5, 0.6) is 0 Å². The Kier molecular flexibility index (Phi) is 3.39. The lowest BCUT2D eigenvalue weighted by atomic mass is 9.93. The molecule has 1 saturated heterocycles. The van der Waals surface area contributed by atoms with Crippen LogP contribution in [0.3, 0.4) is 0 Å². The summed E-state index contributed by atoms with van der Waals surface area (Å²) < 4.78 is 10.3. The Morgan fingerprint density at radius 3 is 2.94 bits per heavy atom. The second-order valence-electron chi connectivity index (χ2n) is 4.19. The van der Waals surface area contributed by atoms with Gasteiger partial charge in [0.1, 0.15) is 12.2 Å². The first-order valence-corrected chi connectivity index (χ1v) is 6.40. The Bertz CT molecular complexity index is 318. The number of hydrogen-bond acceptors (Lipinski definition) is 5. The highest BCUT2D eigenvalue weighted by Gasteiger charge is 2.56. The summed E-state index contributed by atoms with van der Waals surface area (Å²) in [4.78, 5) is 22.2. The zero-order chi connectivity index (χ0) is 11.9.